The van der Waals surface area contributed by atoms with E-state index < -0.39 is 0 Å². The highest BCUT2D eigenvalue weighted by atomic mass is 15.1. The highest BCUT2D eigenvalue weighted by Crippen LogP contribution is 2.44. The van der Waals surface area contributed by atoms with Crippen LogP contribution in [0.1, 0.15) is 30.9 Å². The van der Waals surface area contributed by atoms with Gasteiger partial charge in [-0.1, -0.05) is 152 Å². The largest absolute Gasteiger partial charge is 0.310 e. The normalized spacial score (nSPS) is 12.9. The predicted octanol–water partition coefficient (Wildman–Crippen LogP) is 16.9. The van der Waals surface area contributed by atoms with Crippen LogP contribution in [0, 0.1) is 0 Å². The van der Waals surface area contributed by atoms with Crippen LogP contribution in [0.2, 0.25) is 0 Å². The standard InChI is InChI=1S/C59H44N2/c1-3-16-54-51(4-2)52-26-13-12-21-46(52)38-55(54)41-30-32-48(33-31-41)60(50-34-29-40-17-8-9-18-42(40)35-50)49-25-14-22-45(36-49)53-27-15-28-57-59(53)56-37-43-19-10-11-20-44(43)39-58(56)61(57)47-23-6-5-7-24-47/h3-4,6,8-39H,2,5,7H2,1H3/b16-3-. The monoisotopic (exact) mass is 780 g/mol. The van der Waals surface area contributed by atoms with Gasteiger partial charge in [-0.15, -0.1) is 0 Å². The molecule has 1 aliphatic rings. The van der Waals surface area contributed by atoms with Gasteiger partial charge in [0.05, 0.1) is 11.0 Å². The van der Waals surface area contributed by atoms with E-state index in [4.69, 9.17) is 0 Å². The molecule has 1 aliphatic carbocycles. The van der Waals surface area contributed by atoms with Gasteiger partial charge in [0, 0.05) is 33.5 Å². The second-order valence-corrected chi connectivity index (χ2v) is 16.0. The number of nitrogens with zero attached hydrogens (tertiary/aromatic N) is 2. The topological polar surface area (TPSA) is 8.17 Å². The molecular weight excluding hydrogens is 737 g/mol. The van der Waals surface area contributed by atoms with Gasteiger partial charge in [0.1, 0.15) is 0 Å². The van der Waals surface area contributed by atoms with Crippen molar-refractivity contribution in [2.75, 3.05) is 4.90 Å². The predicted molar refractivity (Wildman–Crippen MR) is 265 cm³/mol. The lowest BCUT2D eigenvalue weighted by Crippen LogP contribution is -2.10. The van der Waals surface area contributed by atoms with Crippen LogP contribution in [0.3, 0.4) is 0 Å². The third kappa shape index (κ3) is 6.27. The van der Waals surface area contributed by atoms with Crippen molar-refractivity contribution in [3.63, 3.8) is 0 Å². The Hall–Kier alpha value is -7.68. The number of allylic oxidation sites excluding steroid dienone is 5. The van der Waals surface area contributed by atoms with Gasteiger partial charge in [0.2, 0.25) is 0 Å². The Kier molecular flexibility index (Phi) is 9.05. The molecule has 290 valence electrons. The third-order valence-electron chi connectivity index (χ3n) is 12.4. The Morgan fingerprint density at radius 1 is 0.508 bits per heavy atom. The fourth-order valence-electron chi connectivity index (χ4n) is 9.60. The van der Waals surface area contributed by atoms with Gasteiger partial charge in [-0.3, -0.25) is 0 Å². The lowest BCUT2D eigenvalue weighted by atomic mass is 9.90. The molecule has 0 aliphatic heterocycles. The fourth-order valence-corrected chi connectivity index (χ4v) is 9.60. The summed E-state index contributed by atoms with van der Waals surface area (Å²) in [6, 6.07) is 64.8. The first kappa shape index (κ1) is 36.4. The van der Waals surface area contributed by atoms with Crippen LogP contribution in [0.25, 0.3) is 94.2 Å². The first-order chi connectivity index (χ1) is 30.2. The summed E-state index contributed by atoms with van der Waals surface area (Å²) in [5, 5.41) is 9.88. The maximum atomic E-state index is 4.23. The molecule has 0 atom stereocenters. The molecule has 0 bridgehead atoms. The van der Waals surface area contributed by atoms with Crippen LogP contribution < -0.4 is 4.90 Å². The molecule has 2 heteroatoms. The lowest BCUT2D eigenvalue weighted by molar-refractivity contribution is 1.02. The van der Waals surface area contributed by atoms with E-state index in [-0.39, 0.29) is 0 Å². The number of aromatic nitrogens is 1. The van der Waals surface area contributed by atoms with Gasteiger partial charge in [-0.25, -0.2) is 0 Å². The Morgan fingerprint density at radius 2 is 1.21 bits per heavy atom. The molecule has 0 unspecified atom stereocenters. The first-order valence-corrected chi connectivity index (χ1v) is 21.3. The molecule has 10 aromatic rings. The van der Waals surface area contributed by atoms with Gasteiger partial charge in [-0.05, 0) is 152 Å². The highest BCUT2D eigenvalue weighted by molar-refractivity contribution is 6.19. The summed E-state index contributed by atoms with van der Waals surface area (Å²) in [5.41, 5.74) is 14.1. The Bertz CT molecular complexity index is 3450. The number of benzene rings is 9. The van der Waals surface area contributed by atoms with E-state index in [1.807, 2.05) is 6.08 Å². The van der Waals surface area contributed by atoms with Crippen LogP contribution in [0.5, 0.6) is 0 Å². The molecular formula is C59H44N2. The molecule has 0 saturated heterocycles. The average molecular weight is 781 g/mol. The second kappa shape index (κ2) is 15.2. The minimum Gasteiger partial charge on any atom is -0.310 e. The zero-order valence-corrected chi connectivity index (χ0v) is 34.2. The molecule has 2 nitrogen and oxygen atoms in total. The fraction of sp³-hybridized carbons (Fsp3) is 0.0508. The number of rotatable bonds is 8. The van der Waals surface area contributed by atoms with Crippen molar-refractivity contribution in [2.45, 2.75) is 19.8 Å². The summed E-state index contributed by atoms with van der Waals surface area (Å²) in [4.78, 5) is 2.40. The summed E-state index contributed by atoms with van der Waals surface area (Å²) in [7, 11) is 0. The van der Waals surface area contributed by atoms with Crippen LogP contribution in [-0.2, 0) is 0 Å². The molecule has 1 aromatic heterocycles. The molecule has 0 amide bonds. The van der Waals surface area contributed by atoms with Gasteiger partial charge >= 0.3 is 0 Å². The Balaban J connectivity index is 1.09. The van der Waals surface area contributed by atoms with E-state index in [0.717, 1.165) is 41.0 Å². The van der Waals surface area contributed by atoms with Crippen LogP contribution >= 0.6 is 0 Å². The summed E-state index contributed by atoms with van der Waals surface area (Å²) in [6.45, 7) is 6.31. The highest BCUT2D eigenvalue weighted by Gasteiger charge is 2.20. The summed E-state index contributed by atoms with van der Waals surface area (Å²) < 4.78 is 2.47. The van der Waals surface area contributed by atoms with E-state index >= 15 is 0 Å². The van der Waals surface area contributed by atoms with Gasteiger partial charge in [0.25, 0.3) is 0 Å². The third-order valence-corrected chi connectivity index (χ3v) is 12.4. The number of fused-ring (bicyclic) bond motifs is 6. The van der Waals surface area contributed by atoms with Gasteiger partial charge in [0.15, 0.2) is 0 Å². The molecule has 0 saturated carbocycles. The molecule has 61 heavy (non-hydrogen) atoms. The maximum absolute atomic E-state index is 4.23. The van der Waals surface area contributed by atoms with Crippen molar-refractivity contribution in [1.82, 2.24) is 4.57 Å². The zero-order chi connectivity index (χ0) is 40.9. The molecule has 0 fully saturated rings. The molecule has 0 spiro atoms. The molecule has 0 radical (unpaired) electrons. The quantitative estimate of drug-likeness (QED) is 0.149. The van der Waals surface area contributed by atoms with Crippen molar-refractivity contribution in [2.24, 2.45) is 0 Å². The molecule has 11 rings (SSSR count). The summed E-state index contributed by atoms with van der Waals surface area (Å²) in [5.74, 6) is 0. The number of hydrogen-bond acceptors (Lipinski definition) is 1. The number of hydrogen-bond donors (Lipinski definition) is 0. The SMILES string of the molecule is C=Cc1c(/C=C\C)c(-c2ccc(N(c3cccc(-c4cccc5c4c4cc6ccccc6cc4n5C4=CCCC=C4)c3)c3ccc4ccccc4c3)cc2)cc2ccccc12. The average Bonchev–Trinajstić information content (AvgIpc) is 3.64. The Labute approximate surface area is 356 Å². The van der Waals surface area contributed by atoms with Crippen molar-refractivity contribution < 1.29 is 0 Å². The van der Waals surface area contributed by atoms with Crippen molar-refractivity contribution >= 4 is 89.0 Å². The minimum atomic E-state index is 1.04. The van der Waals surface area contributed by atoms with Crippen LogP contribution in [0.4, 0.5) is 17.1 Å². The van der Waals surface area contributed by atoms with Crippen LogP contribution in [-0.4, -0.2) is 4.57 Å². The van der Waals surface area contributed by atoms with Crippen LogP contribution in [0.15, 0.2) is 207 Å². The molecule has 0 N–H and O–H groups in total. The van der Waals surface area contributed by atoms with Crippen molar-refractivity contribution in [1.29, 1.82) is 0 Å². The molecule has 9 aromatic carbocycles. The second-order valence-electron chi connectivity index (χ2n) is 16.0. The van der Waals surface area contributed by atoms with E-state index in [0.29, 0.717) is 0 Å². The number of anilines is 3. The first-order valence-electron chi connectivity index (χ1n) is 21.3. The summed E-state index contributed by atoms with van der Waals surface area (Å²) >= 11 is 0. The maximum Gasteiger partial charge on any atom is 0.0547 e. The lowest BCUT2D eigenvalue weighted by Gasteiger charge is -2.27. The van der Waals surface area contributed by atoms with E-state index in [1.165, 1.54) is 82.1 Å². The minimum absolute atomic E-state index is 1.04. The van der Waals surface area contributed by atoms with Gasteiger partial charge < -0.3 is 9.47 Å². The van der Waals surface area contributed by atoms with Crippen molar-refractivity contribution in [3.05, 3.63) is 218 Å². The van der Waals surface area contributed by atoms with Crippen molar-refractivity contribution in [3.8, 4) is 22.3 Å². The zero-order valence-electron chi connectivity index (χ0n) is 34.2. The van der Waals surface area contributed by atoms with Gasteiger partial charge in [-0.2, -0.15) is 0 Å². The Morgan fingerprint density at radius 3 is 1.98 bits per heavy atom. The summed E-state index contributed by atoms with van der Waals surface area (Å²) in [6.07, 6.45) is 15.4. The van der Waals surface area contributed by atoms with E-state index in [2.05, 4.69) is 229 Å². The molecule has 1 heterocycles. The van der Waals surface area contributed by atoms with E-state index in [9.17, 15) is 0 Å². The van der Waals surface area contributed by atoms with E-state index in [1.54, 1.807) is 0 Å². The smallest absolute Gasteiger partial charge is 0.0547 e.